The zero-order valence-electron chi connectivity index (χ0n) is 15.5. The van der Waals surface area contributed by atoms with Crippen LogP contribution in [0, 0.1) is 0 Å². The summed E-state index contributed by atoms with van der Waals surface area (Å²) < 4.78 is 7.17. The predicted octanol–water partition coefficient (Wildman–Crippen LogP) is 3.62. The van der Waals surface area contributed by atoms with E-state index in [2.05, 4.69) is 38.1 Å². The molecule has 0 aliphatic heterocycles. The van der Waals surface area contributed by atoms with Crippen LogP contribution < -0.4 is 5.32 Å². The average molecular weight is 392 g/mol. The molecule has 28 heavy (non-hydrogen) atoms. The van der Waals surface area contributed by atoms with Crippen LogP contribution in [0.2, 0.25) is 0 Å². The number of carbonyl (C=O) groups excluding carboxylic acids is 1. The first-order valence-corrected chi connectivity index (χ1v) is 9.80. The van der Waals surface area contributed by atoms with E-state index in [0.29, 0.717) is 18.8 Å². The van der Waals surface area contributed by atoms with Crippen molar-refractivity contribution < 1.29 is 9.53 Å². The van der Waals surface area contributed by atoms with E-state index in [1.54, 1.807) is 12.5 Å². The molecule has 1 amide bonds. The summed E-state index contributed by atoms with van der Waals surface area (Å²) in [5, 5.41) is 5.48. The van der Waals surface area contributed by atoms with Crippen molar-refractivity contribution in [3.05, 3.63) is 82.1 Å². The third-order valence-corrected chi connectivity index (χ3v) is 5.20. The summed E-state index contributed by atoms with van der Waals surface area (Å²) >= 11 is 1.42. The van der Waals surface area contributed by atoms with E-state index in [9.17, 15) is 4.79 Å². The Hall–Kier alpha value is -3.03. The molecule has 0 atom stereocenters. The zero-order valence-corrected chi connectivity index (χ0v) is 16.3. The van der Waals surface area contributed by atoms with Crippen LogP contribution in [0.4, 0.5) is 0 Å². The topological polar surface area (TPSA) is 69.0 Å². The Morgan fingerprint density at radius 2 is 2.04 bits per heavy atom. The van der Waals surface area contributed by atoms with Crippen LogP contribution in [-0.2, 0) is 24.4 Å². The van der Waals surface area contributed by atoms with E-state index in [0.717, 1.165) is 33.7 Å². The highest BCUT2D eigenvalue weighted by Crippen LogP contribution is 2.15. The van der Waals surface area contributed by atoms with Gasteiger partial charge < -0.3 is 14.6 Å². The molecule has 0 fully saturated rings. The number of methoxy groups -OCH3 is 1. The quantitative estimate of drug-likeness (QED) is 0.522. The summed E-state index contributed by atoms with van der Waals surface area (Å²) in [6.07, 6.45) is 1.86. The van der Waals surface area contributed by atoms with Gasteiger partial charge in [0.2, 0.25) is 0 Å². The van der Waals surface area contributed by atoms with Gasteiger partial charge in [0.1, 0.15) is 10.7 Å². The molecule has 2 aromatic carbocycles. The van der Waals surface area contributed by atoms with Gasteiger partial charge in [-0.25, -0.2) is 9.97 Å². The van der Waals surface area contributed by atoms with Crippen LogP contribution in [0.3, 0.4) is 0 Å². The Bertz CT molecular complexity index is 1100. The molecule has 1 N–H and O–H groups in total. The van der Waals surface area contributed by atoms with Crippen molar-refractivity contribution in [2.75, 3.05) is 7.11 Å². The van der Waals surface area contributed by atoms with Crippen LogP contribution in [-0.4, -0.2) is 27.6 Å². The molecule has 0 saturated carbocycles. The Morgan fingerprint density at radius 1 is 1.18 bits per heavy atom. The van der Waals surface area contributed by atoms with E-state index >= 15 is 0 Å². The fourth-order valence-corrected chi connectivity index (χ4v) is 3.79. The van der Waals surface area contributed by atoms with Crippen LogP contribution in [0.25, 0.3) is 11.0 Å². The first-order valence-electron chi connectivity index (χ1n) is 8.92. The molecule has 0 aliphatic rings. The molecule has 2 aromatic heterocycles. The summed E-state index contributed by atoms with van der Waals surface area (Å²) in [6.45, 7) is 1.60. The minimum Gasteiger partial charge on any atom is -0.378 e. The molecule has 0 unspecified atom stereocenters. The zero-order chi connectivity index (χ0) is 19.3. The lowest BCUT2D eigenvalue weighted by atomic mass is 10.1. The maximum absolute atomic E-state index is 12.3. The van der Waals surface area contributed by atoms with Crippen molar-refractivity contribution in [2.24, 2.45) is 0 Å². The number of thiazole rings is 1. The summed E-state index contributed by atoms with van der Waals surface area (Å²) in [6, 6.07) is 16.3. The molecule has 4 aromatic rings. The number of rotatable bonds is 7. The van der Waals surface area contributed by atoms with E-state index < -0.39 is 0 Å². The third kappa shape index (κ3) is 4.11. The first-order chi connectivity index (χ1) is 13.7. The molecular formula is C21H20N4O2S. The van der Waals surface area contributed by atoms with Crippen LogP contribution in [0.1, 0.15) is 26.6 Å². The van der Waals surface area contributed by atoms with Crippen molar-refractivity contribution in [3.63, 3.8) is 0 Å². The number of benzene rings is 2. The number of carbonyl (C=O) groups is 1. The van der Waals surface area contributed by atoms with Gasteiger partial charge in [-0.05, 0) is 23.3 Å². The summed E-state index contributed by atoms with van der Waals surface area (Å²) in [4.78, 5) is 21.0. The van der Waals surface area contributed by atoms with E-state index in [1.807, 2.05) is 36.7 Å². The Kier molecular flexibility index (Phi) is 5.45. The van der Waals surface area contributed by atoms with Crippen molar-refractivity contribution in [1.29, 1.82) is 0 Å². The Balaban J connectivity index is 1.41. The van der Waals surface area contributed by atoms with Crippen LogP contribution >= 0.6 is 11.3 Å². The van der Waals surface area contributed by atoms with Gasteiger partial charge in [-0.3, -0.25) is 4.79 Å². The fourth-order valence-electron chi connectivity index (χ4n) is 3.05. The van der Waals surface area contributed by atoms with Crippen LogP contribution in [0.15, 0.2) is 60.2 Å². The summed E-state index contributed by atoms with van der Waals surface area (Å²) in [5.74, 6) is -0.176. The smallest absolute Gasteiger partial charge is 0.271 e. The number of aromatic nitrogens is 3. The highest BCUT2D eigenvalue weighted by atomic mass is 32.1. The van der Waals surface area contributed by atoms with E-state index in [4.69, 9.17) is 4.74 Å². The highest BCUT2D eigenvalue weighted by molar-refractivity contribution is 7.09. The predicted molar refractivity (Wildman–Crippen MR) is 109 cm³/mol. The lowest BCUT2D eigenvalue weighted by Crippen LogP contribution is -2.23. The van der Waals surface area contributed by atoms with Gasteiger partial charge in [0.15, 0.2) is 0 Å². The molecule has 7 heteroatoms. The van der Waals surface area contributed by atoms with Crippen molar-refractivity contribution in [1.82, 2.24) is 19.9 Å². The van der Waals surface area contributed by atoms with Gasteiger partial charge in [0, 0.05) is 25.6 Å². The number of ether oxygens (including phenoxy) is 1. The maximum Gasteiger partial charge on any atom is 0.271 e. The fraction of sp³-hybridized carbons (Fsp3) is 0.190. The third-order valence-electron chi connectivity index (χ3n) is 4.38. The molecular weight excluding hydrogens is 372 g/mol. The largest absolute Gasteiger partial charge is 0.378 e. The molecule has 4 rings (SSSR count). The highest BCUT2D eigenvalue weighted by Gasteiger charge is 2.10. The molecule has 0 aliphatic carbocycles. The Morgan fingerprint density at radius 3 is 2.93 bits per heavy atom. The number of para-hydroxylation sites is 2. The summed E-state index contributed by atoms with van der Waals surface area (Å²) in [7, 11) is 1.61. The molecule has 6 nitrogen and oxygen atoms in total. The molecule has 0 spiro atoms. The van der Waals surface area contributed by atoms with E-state index in [1.165, 1.54) is 11.3 Å². The standard InChI is InChI=1S/C21H20N4O2S/c1-27-12-20-24-18(13-28-20)21(26)22-10-15-5-4-6-16(9-15)11-25-14-23-17-7-2-3-8-19(17)25/h2-9,13-14H,10-12H2,1H3,(H,22,26). The van der Waals surface area contributed by atoms with Gasteiger partial charge in [0.05, 0.1) is 24.0 Å². The minimum absolute atomic E-state index is 0.176. The molecule has 0 saturated heterocycles. The Labute approximate surface area is 166 Å². The van der Waals surface area contributed by atoms with Gasteiger partial charge >= 0.3 is 0 Å². The van der Waals surface area contributed by atoms with E-state index in [-0.39, 0.29) is 5.91 Å². The lowest BCUT2D eigenvalue weighted by molar-refractivity contribution is 0.0946. The van der Waals surface area contributed by atoms with Crippen molar-refractivity contribution in [3.8, 4) is 0 Å². The SMILES string of the molecule is COCc1nc(C(=O)NCc2cccc(Cn3cnc4ccccc43)c2)cs1. The second-order valence-electron chi connectivity index (χ2n) is 6.42. The molecule has 0 radical (unpaired) electrons. The normalized spacial score (nSPS) is 11.0. The molecule has 2 heterocycles. The van der Waals surface area contributed by atoms with Crippen molar-refractivity contribution >= 4 is 28.3 Å². The number of nitrogens with one attached hydrogen (secondary N) is 1. The lowest BCUT2D eigenvalue weighted by Gasteiger charge is -2.08. The summed E-state index contributed by atoms with van der Waals surface area (Å²) in [5.41, 5.74) is 4.73. The van der Waals surface area contributed by atoms with Crippen molar-refractivity contribution in [2.45, 2.75) is 19.7 Å². The van der Waals surface area contributed by atoms with Gasteiger partial charge in [-0.2, -0.15) is 0 Å². The monoisotopic (exact) mass is 392 g/mol. The number of imidazole rings is 1. The number of hydrogen-bond acceptors (Lipinski definition) is 5. The number of hydrogen-bond donors (Lipinski definition) is 1. The van der Waals surface area contributed by atoms with Gasteiger partial charge in [0.25, 0.3) is 5.91 Å². The second-order valence-corrected chi connectivity index (χ2v) is 7.37. The first kappa shape index (κ1) is 18.3. The average Bonchev–Trinajstić information content (AvgIpc) is 3.35. The number of fused-ring (bicyclic) bond motifs is 1. The minimum atomic E-state index is -0.176. The molecule has 142 valence electrons. The van der Waals surface area contributed by atoms with Crippen LogP contribution in [0.5, 0.6) is 0 Å². The number of nitrogens with zero attached hydrogens (tertiary/aromatic N) is 3. The maximum atomic E-state index is 12.3. The van der Waals surface area contributed by atoms with Gasteiger partial charge in [-0.15, -0.1) is 11.3 Å². The molecule has 0 bridgehead atoms. The number of amides is 1. The second kappa shape index (κ2) is 8.33. The van der Waals surface area contributed by atoms with Gasteiger partial charge in [-0.1, -0.05) is 36.4 Å².